The van der Waals surface area contributed by atoms with E-state index in [0.29, 0.717) is 4.34 Å². The van der Waals surface area contributed by atoms with Crippen molar-refractivity contribution in [1.29, 1.82) is 0 Å². The third-order valence-electron chi connectivity index (χ3n) is 0.814. The first-order valence-corrected chi connectivity index (χ1v) is 3.43. The maximum atomic E-state index is 10.2. The molecule has 1 aromatic heterocycles. The zero-order chi connectivity index (χ0) is 6.85. The fourth-order valence-electron chi connectivity index (χ4n) is 0.422. The van der Waals surface area contributed by atoms with Crippen molar-refractivity contribution < 1.29 is 9.90 Å². The van der Waals surface area contributed by atoms with Crippen molar-refractivity contribution in [2.45, 2.75) is 0 Å². The van der Waals surface area contributed by atoms with Crippen molar-refractivity contribution in [2.24, 2.45) is 0 Å². The Bertz CT molecular complexity index is 231. The second-order valence-corrected chi connectivity index (χ2v) is 2.99. The van der Waals surface area contributed by atoms with Crippen LogP contribution in [0.4, 0.5) is 0 Å². The maximum absolute atomic E-state index is 10.2. The Kier molecular flexibility index (Phi) is 1.73. The highest BCUT2D eigenvalue weighted by Gasteiger charge is 2.03. The molecule has 0 radical (unpaired) electrons. The molecule has 1 N–H and O–H groups in total. The lowest BCUT2D eigenvalue weighted by Crippen LogP contribution is -1.91. The number of carboxylic acid groups (broad SMARTS) is 1. The molecule has 1 aromatic rings. The number of carboxylic acids is 1. The molecule has 0 fully saturated rings. The van der Waals surface area contributed by atoms with Gasteiger partial charge in [0.25, 0.3) is 0 Å². The van der Waals surface area contributed by atoms with Crippen LogP contribution in [0.2, 0.25) is 4.34 Å². The first kappa shape index (κ1) is 6.58. The number of rotatable bonds is 1. The van der Waals surface area contributed by atoms with Crippen molar-refractivity contribution in [1.82, 2.24) is 0 Å². The van der Waals surface area contributed by atoms with Crippen LogP contribution in [-0.2, 0) is 0 Å². The van der Waals surface area contributed by atoms with E-state index in [-0.39, 0.29) is 5.56 Å². The molecular formula is C5H3ClO2S. The summed E-state index contributed by atoms with van der Waals surface area (Å²) < 4.78 is 0.507. The van der Waals surface area contributed by atoms with Crippen LogP contribution in [0.5, 0.6) is 0 Å². The van der Waals surface area contributed by atoms with Crippen LogP contribution >= 0.6 is 22.9 Å². The van der Waals surface area contributed by atoms with Crippen LogP contribution in [0.1, 0.15) is 10.4 Å². The van der Waals surface area contributed by atoms with Gasteiger partial charge in [-0.3, -0.25) is 0 Å². The molecule has 1 rings (SSSR count). The summed E-state index contributed by atoms with van der Waals surface area (Å²) in [6.07, 6.45) is 0. The van der Waals surface area contributed by atoms with E-state index in [4.69, 9.17) is 16.7 Å². The zero-order valence-corrected chi connectivity index (χ0v) is 5.87. The molecule has 0 saturated heterocycles. The highest BCUT2D eigenvalue weighted by atomic mass is 35.5. The standard InChI is InChI=1S/C5H3ClO2S/c6-4-1-3(2-9-4)5(7)8/h1-2H,(H,7,8). The van der Waals surface area contributed by atoms with E-state index < -0.39 is 5.97 Å². The van der Waals surface area contributed by atoms with Crippen LogP contribution in [0.15, 0.2) is 11.4 Å². The van der Waals surface area contributed by atoms with Gasteiger partial charge in [0.05, 0.1) is 9.90 Å². The van der Waals surface area contributed by atoms with Gasteiger partial charge in [-0.1, -0.05) is 11.6 Å². The van der Waals surface area contributed by atoms with E-state index in [0.717, 1.165) is 0 Å². The summed E-state index contributed by atoms with van der Waals surface area (Å²) >= 11 is 6.68. The third-order valence-corrected chi connectivity index (χ3v) is 1.91. The number of halogens is 1. The van der Waals surface area contributed by atoms with Gasteiger partial charge >= 0.3 is 5.97 Å². The predicted octanol–water partition coefficient (Wildman–Crippen LogP) is 2.10. The number of carbonyl (C=O) groups is 1. The normalized spacial score (nSPS) is 9.44. The monoisotopic (exact) mass is 162 g/mol. The van der Waals surface area contributed by atoms with Gasteiger partial charge in [-0.15, -0.1) is 11.3 Å². The van der Waals surface area contributed by atoms with Crippen LogP contribution in [0, 0.1) is 0 Å². The zero-order valence-electron chi connectivity index (χ0n) is 4.30. The van der Waals surface area contributed by atoms with Crippen LogP contribution in [0.25, 0.3) is 0 Å². The largest absolute Gasteiger partial charge is 0.478 e. The van der Waals surface area contributed by atoms with Crippen LogP contribution in [-0.4, -0.2) is 11.1 Å². The number of aromatic carboxylic acids is 1. The molecule has 0 aliphatic carbocycles. The molecule has 0 spiro atoms. The lowest BCUT2D eigenvalue weighted by atomic mass is 10.4. The van der Waals surface area contributed by atoms with Crippen molar-refractivity contribution in [3.05, 3.63) is 21.3 Å². The number of hydrogen-bond donors (Lipinski definition) is 1. The molecule has 4 heteroatoms. The summed E-state index contributed by atoms with van der Waals surface area (Å²) in [6, 6.07) is 1.43. The summed E-state index contributed by atoms with van der Waals surface area (Å²) in [5, 5.41) is 9.85. The number of thiophene rings is 1. The van der Waals surface area contributed by atoms with Crippen molar-refractivity contribution in [3.63, 3.8) is 0 Å². The molecule has 0 atom stereocenters. The van der Waals surface area contributed by atoms with E-state index in [9.17, 15) is 4.79 Å². The van der Waals surface area contributed by atoms with Gasteiger partial charge < -0.3 is 5.11 Å². The Morgan fingerprint density at radius 3 is 2.67 bits per heavy atom. The summed E-state index contributed by atoms with van der Waals surface area (Å²) in [6.45, 7) is 0. The highest BCUT2D eigenvalue weighted by Crippen LogP contribution is 2.19. The molecule has 48 valence electrons. The second-order valence-electron chi connectivity index (χ2n) is 1.44. The molecule has 1 heterocycles. The Morgan fingerprint density at radius 1 is 1.78 bits per heavy atom. The molecule has 0 unspecified atom stereocenters. The van der Waals surface area contributed by atoms with Gasteiger partial charge in [0, 0.05) is 5.38 Å². The molecular weight excluding hydrogens is 160 g/mol. The fourth-order valence-corrected chi connectivity index (χ4v) is 1.28. The van der Waals surface area contributed by atoms with Gasteiger partial charge in [0.2, 0.25) is 0 Å². The van der Waals surface area contributed by atoms with E-state index in [2.05, 4.69) is 0 Å². The van der Waals surface area contributed by atoms with E-state index in [1.807, 2.05) is 0 Å². The van der Waals surface area contributed by atoms with E-state index in [1.54, 1.807) is 0 Å². The molecule has 9 heavy (non-hydrogen) atoms. The van der Waals surface area contributed by atoms with Crippen molar-refractivity contribution >= 4 is 28.9 Å². The smallest absolute Gasteiger partial charge is 0.336 e. The summed E-state index contributed by atoms with van der Waals surface area (Å²) in [7, 11) is 0. The summed E-state index contributed by atoms with van der Waals surface area (Å²) in [5.41, 5.74) is 0.255. The average Bonchev–Trinajstić information content (AvgIpc) is 2.14. The van der Waals surface area contributed by atoms with Crippen molar-refractivity contribution in [2.75, 3.05) is 0 Å². The molecule has 2 nitrogen and oxygen atoms in total. The number of hydrogen-bond acceptors (Lipinski definition) is 2. The SMILES string of the molecule is O=C(O)c1csc(Cl)c1. The summed E-state index contributed by atoms with van der Waals surface area (Å²) in [5.74, 6) is -0.932. The van der Waals surface area contributed by atoms with Gasteiger partial charge in [-0.2, -0.15) is 0 Å². The second kappa shape index (κ2) is 2.37. The quantitative estimate of drug-likeness (QED) is 0.687. The molecule has 0 saturated carbocycles. The average molecular weight is 163 g/mol. The topological polar surface area (TPSA) is 37.3 Å². The first-order valence-electron chi connectivity index (χ1n) is 2.17. The lowest BCUT2D eigenvalue weighted by molar-refractivity contribution is 0.0697. The van der Waals surface area contributed by atoms with Crippen LogP contribution < -0.4 is 0 Å². The maximum Gasteiger partial charge on any atom is 0.336 e. The van der Waals surface area contributed by atoms with Gasteiger partial charge in [0.15, 0.2) is 0 Å². The minimum atomic E-state index is -0.932. The Hall–Kier alpha value is -0.540. The molecule has 0 aliphatic rings. The first-order chi connectivity index (χ1) is 4.20. The highest BCUT2D eigenvalue weighted by molar-refractivity contribution is 7.14. The minimum Gasteiger partial charge on any atom is -0.478 e. The Labute approximate surface area is 60.7 Å². The molecule has 0 bridgehead atoms. The van der Waals surface area contributed by atoms with E-state index >= 15 is 0 Å². The lowest BCUT2D eigenvalue weighted by Gasteiger charge is -1.79. The Morgan fingerprint density at radius 2 is 2.44 bits per heavy atom. The molecule has 0 aromatic carbocycles. The van der Waals surface area contributed by atoms with Gasteiger partial charge in [-0.25, -0.2) is 4.79 Å². The third kappa shape index (κ3) is 1.43. The Balaban J connectivity index is 2.98. The van der Waals surface area contributed by atoms with Gasteiger partial charge in [-0.05, 0) is 6.07 Å². The van der Waals surface area contributed by atoms with Crippen molar-refractivity contribution in [3.8, 4) is 0 Å². The van der Waals surface area contributed by atoms with Crippen LogP contribution in [0.3, 0.4) is 0 Å². The predicted molar refractivity (Wildman–Crippen MR) is 36.3 cm³/mol. The van der Waals surface area contributed by atoms with E-state index in [1.165, 1.54) is 22.8 Å². The summed E-state index contributed by atoms with van der Waals surface area (Å²) in [4.78, 5) is 10.2. The molecule has 0 amide bonds. The molecule has 0 aliphatic heterocycles. The van der Waals surface area contributed by atoms with Gasteiger partial charge in [0.1, 0.15) is 0 Å². The minimum absolute atomic E-state index is 0.255. The fraction of sp³-hybridized carbons (Fsp3) is 0.